The summed E-state index contributed by atoms with van der Waals surface area (Å²) in [4.78, 5) is 8.67. The highest BCUT2D eigenvalue weighted by Gasteiger charge is 2.05. The minimum atomic E-state index is 0.306. The van der Waals surface area contributed by atoms with Gasteiger partial charge in [0, 0.05) is 25.0 Å². The van der Waals surface area contributed by atoms with Crippen LogP contribution in [0.2, 0.25) is 0 Å². The van der Waals surface area contributed by atoms with Crippen molar-refractivity contribution >= 4 is 17.2 Å². The highest BCUT2D eigenvalue weighted by atomic mass is 32.1. The topological polar surface area (TPSA) is 56.7 Å². The van der Waals surface area contributed by atoms with E-state index in [0.717, 1.165) is 17.9 Å². The molecule has 0 radical (unpaired) electrons. The Bertz CT molecular complexity index is 518. The molecule has 0 saturated heterocycles. The summed E-state index contributed by atoms with van der Waals surface area (Å²) in [5.74, 6) is 1.00. The quantitative estimate of drug-likeness (QED) is 0.814. The van der Waals surface area contributed by atoms with E-state index in [-0.39, 0.29) is 0 Å². The fourth-order valence-corrected chi connectivity index (χ4v) is 1.65. The van der Waals surface area contributed by atoms with Crippen molar-refractivity contribution < 1.29 is 0 Å². The Hall–Kier alpha value is -1.75. The molecule has 4 nitrogen and oxygen atoms in total. The van der Waals surface area contributed by atoms with Gasteiger partial charge in [0.05, 0.1) is 11.4 Å². The Balaban J connectivity index is 2.48. The van der Waals surface area contributed by atoms with Gasteiger partial charge < -0.3 is 10.3 Å². The van der Waals surface area contributed by atoms with Gasteiger partial charge in [-0.3, -0.25) is 4.98 Å². The van der Waals surface area contributed by atoms with Crippen molar-refractivity contribution in [3.8, 4) is 5.69 Å². The van der Waals surface area contributed by atoms with Gasteiger partial charge in [-0.05, 0) is 12.1 Å². The molecule has 0 aliphatic heterocycles. The molecule has 0 aliphatic carbocycles. The Morgan fingerprint density at radius 3 is 2.94 bits per heavy atom. The maximum atomic E-state index is 5.55. The lowest BCUT2D eigenvalue weighted by Gasteiger charge is -2.07. The second-order valence-electron chi connectivity index (χ2n) is 3.33. The Kier molecular flexibility index (Phi) is 2.96. The number of thiocarbonyl (C=S) groups is 1. The molecular formula is C11H12N4S. The van der Waals surface area contributed by atoms with E-state index in [1.165, 1.54) is 0 Å². The predicted octanol–water partition coefficient (Wildman–Crippen LogP) is 1.46. The number of aromatic nitrogens is 3. The zero-order valence-electron chi connectivity index (χ0n) is 8.92. The zero-order chi connectivity index (χ0) is 11.5. The van der Waals surface area contributed by atoms with Crippen molar-refractivity contribution in [1.82, 2.24) is 14.5 Å². The summed E-state index contributed by atoms with van der Waals surface area (Å²) in [5.41, 5.74) is 7.16. The van der Waals surface area contributed by atoms with Crippen LogP contribution in [0.1, 0.15) is 18.4 Å². The predicted molar refractivity (Wildman–Crippen MR) is 66.6 cm³/mol. The molecule has 2 aromatic heterocycles. The zero-order valence-corrected chi connectivity index (χ0v) is 9.74. The molecule has 2 aromatic rings. The van der Waals surface area contributed by atoms with Gasteiger partial charge in [0.25, 0.3) is 0 Å². The third-order valence-electron chi connectivity index (χ3n) is 2.31. The number of hydrogen-bond donors (Lipinski definition) is 1. The molecule has 0 aromatic carbocycles. The number of rotatable bonds is 3. The maximum Gasteiger partial charge on any atom is 0.122 e. The third kappa shape index (κ3) is 1.94. The van der Waals surface area contributed by atoms with Crippen molar-refractivity contribution in [1.29, 1.82) is 0 Å². The van der Waals surface area contributed by atoms with E-state index in [0.29, 0.717) is 10.7 Å². The van der Waals surface area contributed by atoms with Crippen LogP contribution >= 0.6 is 12.2 Å². The first-order chi connectivity index (χ1) is 7.72. The van der Waals surface area contributed by atoms with Gasteiger partial charge in [-0.15, -0.1) is 0 Å². The number of pyridine rings is 1. The summed E-state index contributed by atoms with van der Waals surface area (Å²) in [7, 11) is 0. The lowest BCUT2D eigenvalue weighted by Crippen LogP contribution is -2.12. The summed E-state index contributed by atoms with van der Waals surface area (Å²) in [6, 6.07) is 3.77. The second kappa shape index (κ2) is 4.40. The van der Waals surface area contributed by atoms with Crippen molar-refractivity contribution in [2.75, 3.05) is 0 Å². The molecule has 0 saturated carbocycles. The fourth-order valence-electron chi connectivity index (χ4n) is 1.53. The Labute approximate surface area is 99.1 Å². The molecule has 0 bridgehead atoms. The monoisotopic (exact) mass is 232 g/mol. The third-order valence-corrected chi connectivity index (χ3v) is 2.52. The molecule has 2 rings (SSSR count). The van der Waals surface area contributed by atoms with E-state index in [2.05, 4.69) is 16.9 Å². The van der Waals surface area contributed by atoms with Gasteiger partial charge in [-0.2, -0.15) is 0 Å². The molecule has 0 amide bonds. The first-order valence-electron chi connectivity index (χ1n) is 5.01. The molecule has 0 fully saturated rings. The number of hydrogen-bond acceptors (Lipinski definition) is 3. The highest BCUT2D eigenvalue weighted by Crippen LogP contribution is 2.11. The van der Waals surface area contributed by atoms with E-state index in [4.69, 9.17) is 18.0 Å². The molecule has 2 heterocycles. The van der Waals surface area contributed by atoms with Crippen LogP contribution in [0.25, 0.3) is 5.69 Å². The van der Waals surface area contributed by atoms with Crippen LogP contribution in [0.5, 0.6) is 0 Å². The van der Waals surface area contributed by atoms with Crippen LogP contribution < -0.4 is 5.73 Å². The minimum Gasteiger partial charge on any atom is -0.388 e. The summed E-state index contributed by atoms with van der Waals surface area (Å²) >= 11 is 4.90. The normalized spacial score (nSPS) is 10.3. The lowest BCUT2D eigenvalue weighted by molar-refractivity contribution is 0.889. The lowest BCUT2D eigenvalue weighted by atomic mass is 10.3. The number of aryl methyl sites for hydroxylation is 1. The van der Waals surface area contributed by atoms with E-state index < -0.39 is 0 Å². The maximum absolute atomic E-state index is 5.55. The van der Waals surface area contributed by atoms with Crippen LogP contribution in [-0.2, 0) is 6.42 Å². The molecule has 0 atom stereocenters. The Morgan fingerprint density at radius 2 is 2.25 bits per heavy atom. The van der Waals surface area contributed by atoms with E-state index in [1.54, 1.807) is 12.4 Å². The second-order valence-corrected chi connectivity index (χ2v) is 3.77. The average Bonchev–Trinajstić information content (AvgIpc) is 2.77. The fraction of sp³-hybridized carbons (Fsp3) is 0.182. The van der Waals surface area contributed by atoms with E-state index in [1.807, 2.05) is 22.9 Å². The van der Waals surface area contributed by atoms with Crippen LogP contribution in [-0.4, -0.2) is 19.5 Å². The highest BCUT2D eigenvalue weighted by molar-refractivity contribution is 7.80. The van der Waals surface area contributed by atoms with Crippen molar-refractivity contribution in [2.24, 2.45) is 5.73 Å². The van der Waals surface area contributed by atoms with Crippen LogP contribution in [0, 0.1) is 0 Å². The van der Waals surface area contributed by atoms with Crippen LogP contribution in [0.3, 0.4) is 0 Å². The van der Waals surface area contributed by atoms with Gasteiger partial charge in [0.15, 0.2) is 0 Å². The van der Waals surface area contributed by atoms with Gasteiger partial charge in [0.2, 0.25) is 0 Å². The summed E-state index contributed by atoms with van der Waals surface area (Å²) in [5, 5.41) is 0. The van der Waals surface area contributed by atoms with Gasteiger partial charge in [0.1, 0.15) is 10.8 Å². The molecule has 2 N–H and O–H groups in total. The number of imidazole rings is 1. The van der Waals surface area contributed by atoms with Crippen molar-refractivity contribution in [3.05, 3.63) is 42.2 Å². The molecule has 0 aliphatic rings. The molecule has 82 valence electrons. The largest absolute Gasteiger partial charge is 0.388 e. The first kappa shape index (κ1) is 10.8. The van der Waals surface area contributed by atoms with Gasteiger partial charge in [-0.1, -0.05) is 19.1 Å². The molecule has 0 unspecified atom stereocenters. The smallest absolute Gasteiger partial charge is 0.122 e. The SMILES string of the molecule is CCc1nccn1-c1ccnc(C(N)=S)c1. The first-order valence-corrected chi connectivity index (χ1v) is 5.41. The average molecular weight is 232 g/mol. The summed E-state index contributed by atoms with van der Waals surface area (Å²) in [6.45, 7) is 2.06. The van der Waals surface area contributed by atoms with Gasteiger partial charge in [-0.25, -0.2) is 4.98 Å². The standard InChI is InChI=1S/C11H12N4S/c1-2-10-14-5-6-15(10)8-3-4-13-9(7-8)11(12)16/h3-7H,2H2,1H3,(H2,12,16). The minimum absolute atomic E-state index is 0.306. The van der Waals surface area contributed by atoms with E-state index >= 15 is 0 Å². The van der Waals surface area contributed by atoms with Crippen LogP contribution in [0.15, 0.2) is 30.7 Å². The molecule has 0 spiro atoms. The van der Waals surface area contributed by atoms with Crippen molar-refractivity contribution in [3.63, 3.8) is 0 Å². The summed E-state index contributed by atoms with van der Waals surface area (Å²) < 4.78 is 2.00. The molecule has 5 heteroatoms. The number of nitrogens with zero attached hydrogens (tertiary/aromatic N) is 3. The van der Waals surface area contributed by atoms with Crippen LogP contribution in [0.4, 0.5) is 0 Å². The van der Waals surface area contributed by atoms with Gasteiger partial charge >= 0.3 is 0 Å². The van der Waals surface area contributed by atoms with Crippen molar-refractivity contribution in [2.45, 2.75) is 13.3 Å². The Morgan fingerprint density at radius 1 is 1.44 bits per heavy atom. The molecular weight excluding hydrogens is 220 g/mol. The number of nitrogens with two attached hydrogens (primary N) is 1. The summed E-state index contributed by atoms with van der Waals surface area (Å²) in [6.07, 6.45) is 6.26. The molecule has 16 heavy (non-hydrogen) atoms. The van der Waals surface area contributed by atoms with E-state index in [9.17, 15) is 0 Å².